The van der Waals surface area contributed by atoms with Crippen molar-refractivity contribution in [1.82, 2.24) is 14.5 Å². The van der Waals surface area contributed by atoms with Gasteiger partial charge in [-0.3, -0.25) is 9.78 Å². The van der Waals surface area contributed by atoms with Crippen LogP contribution < -0.4 is 0 Å². The van der Waals surface area contributed by atoms with Gasteiger partial charge in [0, 0.05) is 36.9 Å². The van der Waals surface area contributed by atoms with Gasteiger partial charge in [0.2, 0.25) is 0 Å². The zero-order chi connectivity index (χ0) is 13.7. The van der Waals surface area contributed by atoms with Crippen LogP contribution in [0.1, 0.15) is 42.0 Å². The summed E-state index contributed by atoms with van der Waals surface area (Å²) in [6.07, 6.45) is 9.33. The minimum Gasteiger partial charge on any atom is -0.335 e. The van der Waals surface area contributed by atoms with Crippen LogP contribution in [0.5, 0.6) is 0 Å². The molecule has 2 heterocycles. The lowest BCUT2D eigenvalue weighted by molar-refractivity contribution is 0.0988. The van der Waals surface area contributed by atoms with E-state index in [-0.39, 0.29) is 5.78 Å². The Balaban J connectivity index is 2.18. The minimum atomic E-state index is 0.114. The van der Waals surface area contributed by atoms with Gasteiger partial charge in [-0.15, -0.1) is 0 Å². The van der Waals surface area contributed by atoms with Gasteiger partial charge in [0.1, 0.15) is 5.82 Å². The molecule has 0 bridgehead atoms. The van der Waals surface area contributed by atoms with Crippen LogP contribution in [0, 0.1) is 0 Å². The Morgan fingerprint density at radius 2 is 2.16 bits per heavy atom. The average Bonchev–Trinajstić information content (AvgIpc) is 2.86. The first kappa shape index (κ1) is 13.5. The molecule has 0 fully saturated rings. The summed E-state index contributed by atoms with van der Waals surface area (Å²) in [7, 11) is 0. The minimum absolute atomic E-state index is 0.114. The second-order valence-corrected chi connectivity index (χ2v) is 4.52. The average molecular weight is 257 g/mol. The van der Waals surface area contributed by atoms with E-state index in [2.05, 4.69) is 16.9 Å². The maximum Gasteiger partial charge on any atom is 0.170 e. The molecule has 0 aliphatic heterocycles. The Bertz CT molecular complexity index is 560. The van der Waals surface area contributed by atoms with Gasteiger partial charge in [-0.2, -0.15) is 0 Å². The van der Waals surface area contributed by atoms with Crippen molar-refractivity contribution in [3.05, 3.63) is 47.8 Å². The maximum absolute atomic E-state index is 12.4. The Morgan fingerprint density at radius 3 is 2.89 bits per heavy atom. The predicted molar refractivity (Wildman–Crippen MR) is 74.2 cm³/mol. The number of rotatable bonds is 6. The molecule has 2 aromatic rings. The second-order valence-electron chi connectivity index (χ2n) is 4.52. The van der Waals surface area contributed by atoms with Crippen molar-refractivity contribution >= 4 is 5.78 Å². The number of carbonyl (C=O) groups excluding carboxylic acids is 1. The normalized spacial score (nSPS) is 10.6. The summed E-state index contributed by atoms with van der Waals surface area (Å²) >= 11 is 0. The molecule has 2 aromatic heterocycles. The molecular weight excluding hydrogens is 238 g/mol. The number of aryl methyl sites for hydroxylation is 2. The molecular formula is C15H19N3O. The number of Topliss-reactive ketones (excluding diaryl/α,β-unsaturated/α-hetero) is 1. The Morgan fingerprint density at radius 1 is 1.32 bits per heavy atom. The highest BCUT2D eigenvalue weighted by Crippen LogP contribution is 2.12. The molecule has 0 N–H and O–H groups in total. The largest absolute Gasteiger partial charge is 0.335 e. The van der Waals surface area contributed by atoms with Crippen molar-refractivity contribution in [2.75, 3.05) is 0 Å². The standard InChI is InChI=1S/C15H19N3O/c1-3-8-18-9-7-17-15(18)10-14(19)13-5-6-16-11-12(13)4-2/h5-7,9,11H,3-4,8,10H2,1-2H3. The van der Waals surface area contributed by atoms with E-state index in [1.807, 2.05) is 17.7 Å². The Kier molecular flexibility index (Phi) is 4.44. The van der Waals surface area contributed by atoms with Crippen molar-refractivity contribution in [3.63, 3.8) is 0 Å². The summed E-state index contributed by atoms with van der Waals surface area (Å²) in [6.45, 7) is 5.05. The zero-order valence-electron chi connectivity index (χ0n) is 11.5. The number of nitrogens with zero attached hydrogens (tertiary/aromatic N) is 3. The molecule has 0 saturated carbocycles. The molecule has 0 unspecified atom stereocenters. The monoisotopic (exact) mass is 257 g/mol. The lowest BCUT2D eigenvalue weighted by Gasteiger charge is -2.08. The lowest BCUT2D eigenvalue weighted by atomic mass is 10.0. The van der Waals surface area contributed by atoms with E-state index in [0.717, 1.165) is 36.3 Å². The third-order valence-electron chi connectivity index (χ3n) is 3.17. The number of hydrogen-bond donors (Lipinski definition) is 0. The number of pyridine rings is 1. The van der Waals surface area contributed by atoms with Gasteiger partial charge in [0.15, 0.2) is 5.78 Å². The molecule has 19 heavy (non-hydrogen) atoms. The lowest BCUT2D eigenvalue weighted by Crippen LogP contribution is -2.12. The number of imidazole rings is 1. The van der Waals surface area contributed by atoms with Crippen molar-refractivity contribution in [1.29, 1.82) is 0 Å². The van der Waals surface area contributed by atoms with E-state index < -0.39 is 0 Å². The van der Waals surface area contributed by atoms with Crippen LogP contribution in [-0.2, 0) is 19.4 Å². The van der Waals surface area contributed by atoms with E-state index in [0.29, 0.717) is 6.42 Å². The van der Waals surface area contributed by atoms with Crippen LogP contribution in [0.25, 0.3) is 0 Å². The number of hydrogen-bond acceptors (Lipinski definition) is 3. The summed E-state index contributed by atoms with van der Waals surface area (Å²) in [6, 6.07) is 1.80. The smallest absolute Gasteiger partial charge is 0.170 e. The van der Waals surface area contributed by atoms with Gasteiger partial charge in [0.05, 0.1) is 6.42 Å². The summed E-state index contributed by atoms with van der Waals surface area (Å²) in [5, 5.41) is 0. The highest BCUT2D eigenvalue weighted by Gasteiger charge is 2.13. The second kappa shape index (κ2) is 6.27. The van der Waals surface area contributed by atoms with E-state index >= 15 is 0 Å². The molecule has 0 radical (unpaired) electrons. The first-order chi connectivity index (χ1) is 9.26. The van der Waals surface area contributed by atoms with Crippen LogP contribution in [-0.4, -0.2) is 20.3 Å². The first-order valence-corrected chi connectivity index (χ1v) is 6.72. The van der Waals surface area contributed by atoms with Crippen LogP contribution >= 0.6 is 0 Å². The van der Waals surface area contributed by atoms with Gasteiger partial charge in [-0.1, -0.05) is 13.8 Å². The van der Waals surface area contributed by atoms with E-state index in [1.54, 1.807) is 24.7 Å². The summed E-state index contributed by atoms with van der Waals surface area (Å²) in [5.74, 6) is 0.952. The van der Waals surface area contributed by atoms with Crippen LogP contribution in [0.2, 0.25) is 0 Å². The quantitative estimate of drug-likeness (QED) is 0.747. The number of aromatic nitrogens is 3. The number of ketones is 1. The molecule has 4 nitrogen and oxygen atoms in total. The molecule has 100 valence electrons. The summed E-state index contributed by atoms with van der Waals surface area (Å²) < 4.78 is 2.05. The molecule has 0 spiro atoms. The first-order valence-electron chi connectivity index (χ1n) is 6.72. The fourth-order valence-electron chi connectivity index (χ4n) is 2.17. The maximum atomic E-state index is 12.4. The molecule has 0 aliphatic carbocycles. The van der Waals surface area contributed by atoms with E-state index in [4.69, 9.17) is 0 Å². The topological polar surface area (TPSA) is 47.8 Å². The van der Waals surface area contributed by atoms with Crippen molar-refractivity contribution < 1.29 is 4.79 Å². The Hall–Kier alpha value is -1.97. The van der Waals surface area contributed by atoms with Gasteiger partial charge in [-0.25, -0.2) is 4.98 Å². The summed E-state index contributed by atoms with van der Waals surface area (Å²) in [5.41, 5.74) is 1.77. The van der Waals surface area contributed by atoms with Gasteiger partial charge < -0.3 is 4.57 Å². The van der Waals surface area contributed by atoms with Gasteiger partial charge in [0.25, 0.3) is 0 Å². The molecule has 0 atom stereocenters. The SMILES string of the molecule is CCCn1ccnc1CC(=O)c1ccncc1CC. The van der Waals surface area contributed by atoms with E-state index in [1.165, 1.54) is 0 Å². The fourth-order valence-corrected chi connectivity index (χ4v) is 2.17. The summed E-state index contributed by atoms with van der Waals surface area (Å²) in [4.78, 5) is 20.7. The molecule has 0 aromatic carbocycles. The zero-order valence-corrected chi connectivity index (χ0v) is 11.5. The molecule has 2 rings (SSSR count). The van der Waals surface area contributed by atoms with Crippen molar-refractivity contribution in [2.45, 2.75) is 39.7 Å². The van der Waals surface area contributed by atoms with Gasteiger partial charge >= 0.3 is 0 Å². The van der Waals surface area contributed by atoms with Gasteiger partial charge in [-0.05, 0) is 24.5 Å². The molecule has 0 amide bonds. The predicted octanol–water partition coefficient (Wildman–Crippen LogP) is 2.68. The van der Waals surface area contributed by atoms with Crippen molar-refractivity contribution in [2.24, 2.45) is 0 Å². The van der Waals surface area contributed by atoms with Crippen LogP contribution in [0.15, 0.2) is 30.9 Å². The highest BCUT2D eigenvalue weighted by molar-refractivity contribution is 5.98. The Labute approximate surface area is 113 Å². The highest BCUT2D eigenvalue weighted by atomic mass is 16.1. The molecule has 4 heteroatoms. The third kappa shape index (κ3) is 3.08. The van der Waals surface area contributed by atoms with E-state index in [9.17, 15) is 4.79 Å². The molecule has 0 saturated heterocycles. The fraction of sp³-hybridized carbons (Fsp3) is 0.400. The van der Waals surface area contributed by atoms with Crippen LogP contribution in [0.4, 0.5) is 0 Å². The number of carbonyl (C=O) groups is 1. The van der Waals surface area contributed by atoms with Crippen LogP contribution in [0.3, 0.4) is 0 Å². The molecule has 0 aliphatic rings. The van der Waals surface area contributed by atoms with Crippen molar-refractivity contribution in [3.8, 4) is 0 Å². The third-order valence-corrected chi connectivity index (χ3v) is 3.17.